The van der Waals surface area contributed by atoms with Crippen LogP contribution in [0, 0.1) is 0 Å². The molecule has 0 radical (unpaired) electrons. The van der Waals surface area contributed by atoms with Crippen molar-refractivity contribution in [3.63, 3.8) is 0 Å². The fourth-order valence-corrected chi connectivity index (χ4v) is 3.16. The van der Waals surface area contributed by atoms with Crippen molar-refractivity contribution in [2.75, 3.05) is 6.54 Å². The molecule has 2 N–H and O–H groups in total. The van der Waals surface area contributed by atoms with Gasteiger partial charge >= 0.3 is 0 Å². The van der Waals surface area contributed by atoms with Crippen molar-refractivity contribution >= 4 is 17.2 Å². The van der Waals surface area contributed by atoms with Gasteiger partial charge in [0.15, 0.2) is 0 Å². The quantitative estimate of drug-likeness (QED) is 0.898. The van der Waals surface area contributed by atoms with E-state index in [9.17, 15) is 4.79 Å². The second kappa shape index (κ2) is 5.65. The standard InChI is InChI=1S/C13H20N2OS/c1-2-15(12-5-3-11(14)4-6-12)13(16)10-7-8-17-9-10/h7-9,11-12H,2-6,14H2,1H3. The molecule has 0 saturated heterocycles. The van der Waals surface area contributed by atoms with Crippen LogP contribution in [-0.2, 0) is 0 Å². The van der Waals surface area contributed by atoms with Crippen molar-refractivity contribution in [3.8, 4) is 0 Å². The average Bonchev–Trinajstić information content (AvgIpc) is 2.86. The molecule has 1 heterocycles. The minimum atomic E-state index is 0.175. The van der Waals surface area contributed by atoms with E-state index in [1.165, 1.54) is 0 Å². The molecular weight excluding hydrogens is 232 g/mol. The maximum atomic E-state index is 12.3. The number of nitrogens with zero attached hydrogens (tertiary/aromatic N) is 1. The molecule has 0 spiro atoms. The summed E-state index contributed by atoms with van der Waals surface area (Å²) in [5.74, 6) is 0.175. The summed E-state index contributed by atoms with van der Waals surface area (Å²) in [6, 6.07) is 2.62. The highest BCUT2D eigenvalue weighted by atomic mass is 32.1. The zero-order valence-electron chi connectivity index (χ0n) is 10.3. The van der Waals surface area contributed by atoms with Gasteiger partial charge in [-0.3, -0.25) is 4.79 Å². The third-order valence-electron chi connectivity index (χ3n) is 3.55. The molecule has 1 aliphatic rings. The Balaban J connectivity index is 2.03. The molecule has 0 atom stereocenters. The molecule has 17 heavy (non-hydrogen) atoms. The van der Waals surface area contributed by atoms with E-state index in [0.717, 1.165) is 37.8 Å². The van der Waals surface area contributed by atoms with Gasteiger partial charge in [-0.2, -0.15) is 11.3 Å². The molecule has 2 rings (SSSR count). The summed E-state index contributed by atoms with van der Waals surface area (Å²) in [6.45, 7) is 2.84. The van der Waals surface area contributed by atoms with Gasteiger partial charge in [0.1, 0.15) is 0 Å². The summed E-state index contributed by atoms with van der Waals surface area (Å²) in [6.07, 6.45) is 4.17. The lowest BCUT2D eigenvalue weighted by molar-refractivity contribution is 0.0641. The molecule has 1 aromatic rings. The van der Waals surface area contributed by atoms with Crippen LogP contribution in [0.1, 0.15) is 43.0 Å². The molecule has 3 nitrogen and oxygen atoms in total. The minimum absolute atomic E-state index is 0.175. The number of carbonyl (C=O) groups is 1. The Kier molecular flexibility index (Phi) is 4.18. The van der Waals surface area contributed by atoms with Gasteiger partial charge in [-0.25, -0.2) is 0 Å². The van der Waals surface area contributed by atoms with Gasteiger partial charge in [-0.1, -0.05) is 0 Å². The topological polar surface area (TPSA) is 46.3 Å². The van der Waals surface area contributed by atoms with Crippen LogP contribution in [0.4, 0.5) is 0 Å². The van der Waals surface area contributed by atoms with E-state index in [1.807, 2.05) is 21.7 Å². The van der Waals surface area contributed by atoms with E-state index >= 15 is 0 Å². The van der Waals surface area contributed by atoms with E-state index < -0.39 is 0 Å². The number of nitrogens with two attached hydrogens (primary N) is 1. The second-order valence-corrected chi connectivity index (χ2v) is 5.45. The summed E-state index contributed by atoms with van der Waals surface area (Å²) >= 11 is 1.58. The Labute approximate surface area is 107 Å². The van der Waals surface area contributed by atoms with Gasteiger partial charge in [-0.15, -0.1) is 0 Å². The fourth-order valence-electron chi connectivity index (χ4n) is 2.53. The first-order valence-electron chi connectivity index (χ1n) is 6.31. The second-order valence-electron chi connectivity index (χ2n) is 4.67. The Hall–Kier alpha value is -0.870. The SMILES string of the molecule is CCN(C(=O)c1ccsc1)C1CCC(N)CC1. The number of thiophene rings is 1. The molecule has 1 fully saturated rings. The number of carbonyl (C=O) groups excluding carboxylic acids is 1. The molecule has 0 aromatic carbocycles. The Morgan fingerprint density at radius 2 is 2.18 bits per heavy atom. The number of rotatable bonds is 3. The van der Waals surface area contributed by atoms with Gasteiger partial charge in [0.2, 0.25) is 0 Å². The van der Waals surface area contributed by atoms with Crippen molar-refractivity contribution in [2.45, 2.75) is 44.7 Å². The Morgan fingerprint density at radius 1 is 1.47 bits per heavy atom. The summed E-state index contributed by atoms with van der Waals surface area (Å²) in [5, 5.41) is 3.89. The van der Waals surface area contributed by atoms with Crippen molar-refractivity contribution in [2.24, 2.45) is 5.73 Å². The first-order chi connectivity index (χ1) is 8.22. The highest BCUT2D eigenvalue weighted by Crippen LogP contribution is 2.23. The van der Waals surface area contributed by atoms with E-state index in [-0.39, 0.29) is 5.91 Å². The first kappa shape index (κ1) is 12.6. The highest BCUT2D eigenvalue weighted by Gasteiger charge is 2.27. The maximum Gasteiger partial charge on any atom is 0.254 e. The van der Waals surface area contributed by atoms with Gasteiger partial charge in [-0.05, 0) is 44.1 Å². The summed E-state index contributed by atoms with van der Waals surface area (Å²) in [7, 11) is 0. The predicted octanol–water partition coefficient (Wildman–Crippen LogP) is 2.48. The lowest BCUT2D eigenvalue weighted by Crippen LogP contribution is -2.44. The number of amides is 1. The van der Waals surface area contributed by atoms with Crippen LogP contribution in [0.5, 0.6) is 0 Å². The largest absolute Gasteiger partial charge is 0.336 e. The molecule has 4 heteroatoms. The predicted molar refractivity (Wildman–Crippen MR) is 71.3 cm³/mol. The zero-order valence-corrected chi connectivity index (χ0v) is 11.1. The molecule has 1 aliphatic carbocycles. The van der Waals surface area contributed by atoms with Crippen molar-refractivity contribution in [1.82, 2.24) is 4.90 Å². The lowest BCUT2D eigenvalue weighted by Gasteiger charge is -2.35. The molecule has 1 aromatic heterocycles. The van der Waals surface area contributed by atoms with Crippen LogP contribution in [-0.4, -0.2) is 29.4 Å². The van der Waals surface area contributed by atoms with E-state index in [0.29, 0.717) is 12.1 Å². The Morgan fingerprint density at radius 3 is 2.71 bits per heavy atom. The fraction of sp³-hybridized carbons (Fsp3) is 0.615. The summed E-state index contributed by atoms with van der Waals surface area (Å²) in [4.78, 5) is 14.3. The van der Waals surface area contributed by atoms with Crippen molar-refractivity contribution in [3.05, 3.63) is 22.4 Å². The lowest BCUT2D eigenvalue weighted by atomic mass is 9.90. The van der Waals surface area contributed by atoms with E-state index in [1.54, 1.807) is 11.3 Å². The Bertz CT molecular complexity index is 356. The molecule has 94 valence electrons. The van der Waals surface area contributed by atoms with Gasteiger partial charge in [0.25, 0.3) is 5.91 Å². The third kappa shape index (κ3) is 2.87. The first-order valence-corrected chi connectivity index (χ1v) is 7.25. The summed E-state index contributed by atoms with van der Waals surface area (Å²) < 4.78 is 0. The van der Waals surface area contributed by atoms with Gasteiger partial charge in [0, 0.05) is 24.0 Å². The normalized spacial score (nSPS) is 24.6. The molecule has 0 bridgehead atoms. The van der Waals surface area contributed by atoms with E-state index in [2.05, 4.69) is 6.92 Å². The van der Waals surface area contributed by atoms with Gasteiger partial charge < -0.3 is 10.6 Å². The van der Waals surface area contributed by atoms with Crippen molar-refractivity contribution < 1.29 is 4.79 Å². The molecular formula is C13H20N2OS. The molecule has 1 amide bonds. The molecule has 0 unspecified atom stereocenters. The van der Waals surface area contributed by atoms with Crippen LogP contribution in [0.25, 0.3) is 0 Å². The smallest absolute Gasteiger partial charge is 0.254 e. The molecule has 1 saturated carbocycles. The van der Waals surface area contributed by atoms with Crippen LogP contribution in [0.15, 0.2) is 16.8 Å². The van der Waals surface area contributed by atoms with Crippen LogP contribution in [0.2, 0.25) is 0 Å². The van der Waals surface area contributed by atoms with E-state index in [4.69, 9.17) is 5.73 Å². The maximum absolute atomic E-state index is 12.3. The zero-order chi connectivity index (χ0) is 12.3. The van der Waals surface area contributed by atoms with Gasteiger partial charge in [0.05, 0.1) is 5.56 Å². The van der Waals surface area contributed by atoms with Crippen LogP contribution in [0.3, 0.4) is 0 Å². The number of hydrogen-bond acceptors (Lipinski definition) is 3. The van der Waals surface area contributed by atoms with Crippen LogP contribution >= 0.6 is 11.3 Å². The summed E-state index contributed by atoms with van der Waals surface area (Å²) in [5.41, 5.74) is 6.73. The van der Waals surface area contributed by atoms with Crippen LogP contribution < -0.4 is 5.73 Å². The number of hydrogen-bond donors (Lipinski definition) is 1. The third-order valence-corrected chi connectivity index (χ3v) is 4.24. The highest BCUT2D eigenvalue weighted by molar-refractivity contribution is 7.08. The van der Waals surface area contributed by atoms with Crippen molar-refractivity contribution in [1.29, 1.82) is 0 Å². The monoisotopic (exact) mass is 252 g/mol. The minimum Gasteiger partial charge on any atom is -0.336 e. The average molecular weight is 252 g/mol. The molecule has 0 aliphatic heterocycles.